The SMILES string of the molecule is COc1cc(/C=C(\Cl)c2nc3ccc(Cl)cc3c(=O)[nH]2)cc(OC)c1O. The van der Waals surface area contributed by atoms with E-state index in [1.807, 2.05) is 0 Å². The fraction of sp³-hybridized carbons (Fsp3) is 0.111. The van der Waals surface area contributed by atoms with Crippen LogP contribution in [0.1, 0.15) is 11.4 Å². The highest BCUT2D eigenvalue weighted by atomic mass is 35.5. The van der Waals surface area contributed by atoms with E-state index < -0.39 is 0 Å². The van der Waals surface area contributed by atoms with Crippen molar-refractivity contribution in [3.8, 4) is 17.2 Å². The Hall–Kier alpha value is -2.70. The van der Waals surface area contributed by atoms with Gasteiger partial charge in [0.1, 0.15) is 0 Å². The molecule has 2 aromatic carbocycles. The molecule has 0 aliphatic heterocycles. The fourth-order valence-electron chi connectivity index (χ4n) is 2.44. The molecule has 0 fully saturated rings. The van der Waals surface area contributed by atoms with Crippen LogP contribution in [0.15, 0.2) is 35.1 Å². The molecule has 0 saturated heterocycles. The number of rotatable bonds is 4. The van der Waals surface area contributed by atoms with Gasteiger partial charge in [0.25, 0.3) is 5.56 Å². The van der Waals surface area contributed by atoms with Gasteiger partial charge in [0.05, 0.1) is 30.2 Å². The normalized spacial score (nSPS) is 11.6. The Balaban J connectivity index is 2.09. The van der Waals surface area contributed by atoms with Gasteiger partial charge in [0, 0.05) is 5.02 Å². The molecule has 0 atom stereocenters. The molecular formula is C18H14Cl2N2O4. The Morgan fingerprint density at radius 3 is 2.46 bits per heavy atom. The summed E-state index contributed by atoms with van der Waals surface area (Å²) < 4.78 is 10.2. The highest BCUT2D eigenvalue weighted by Crippen LogP contribution is 2.38. The zero-order valence-corrected chi connectivity index (χ0v) is 15.4. The molecule has 0 unspecified atom stereocenters. The van der Waals surface area contributed by atoms with Crippen LogP contribution in [0.4, 0.5) is 0 Å². The summed E-state index contributed by atoms with van der Waals surface area (Å²) >= 11 is 12.2. The molecule has 0 radical (unpaired) electrons. The first-order valence-electron chi connectivity index (χ1n) is 7.45. The lowest BCUT2D eigenvalue weighted by atomic mass is 10.1. The van der Waals surface area contributed by atoms with Crippen LogP contribution >= 0.6 is 23.2 Å². The number of aromatic nitrogens is 2. The van der Waals surface area contributed by atoms with Gasteiger partial charge in [-0.25, -0.2) is 4.98 Å². The molecular weight excluding hydrogens is 379 g/mol. The predicted molar refractivity (Wildman–Crippen MR) is 102 cm³/mol. The molecule has 0 spiro atoms. The van der Waals surface area contributed by atoms with Gasteiger partial charge in [-0.3, -0.25) is 4.79 Å². The summed E-state index contributed by atoms with van der Waals surface area (Å²) in [6, 6.07) is 8.00. The maximum atomic E-state index is 12.2. The van der Waals surface area contributed by atoms with Gasteiger partial charge in [-0.2, -0.15) is 0 Å². The van der Waals surface area contributed by atoms with Crippen molar-refractivity contribution in [3.63, 3.8) is 0 Å². The number of nitrogens with zero attached hydrogens (tertiary/aromatic N) is 1. The van der Waals surface area contributed by atoms with E-state index in [1.165, 1.54) is 14.2 Å². The Morgan fingerprint density at radius 2 is 1.85 bits per heavy atom. The summed E-state index contributed by atoms with van der Waals surface area (Å²) in [7, 11) is 2.86. The van der Waals surface area contributed by atoms with E-state index in [0.29, 0.717) is 21.5 Å². The van der Waals surface area contributed by atoms with E-state index in [-0.39, 0.29) is 33.7 Å². The van der Waals surface area contributed by atoms with Crippen LogP contribution in [-0.2, 0) is 0 Å². The second-order valence-electron chi connectivity index (χ2n) is 5.34. The second-order valence-corrected chi connectivity index (χ2v) is 6.19. The number of ether oxygens (including phenoxy) is 2. The molecule has 2 N–H and O–H groups in total. The number of nitrogens with one attached hydrogen (secondary N) is 1. The van der Waals surface area contributed by atoms with Gasteiger partial charge in [-0.05, 0) is 42.0 Å². The minimum Gasteiger partial charge on any atom is -0.502 e. The van der Waals surface area contributed by atoms with Crippen LogP contribution in [0.5, 0.6) is 17.2 Å². The maximum Gasteiger partial charge on any atom is 0.259 e. The lowest BCUT2D eigenvalue weighted by molar-refractivity contribution is 0.340. The molecule has 0 saturated carbocycles. The zero-order valence-electron chi connectivity index (χ0n) is 13.8. The van der Waals surface area contributed by atoms with Crippen LogP contribution in [-0.4, -0.2) is 29.3 Å². The van der Waals surface area contributed by atoms with Crippen molar-refractivity contribution in [2.45, 2.75) is 0 Å². The van der Waals surface area contributed by atoms with E-state index in [0.717, 1.165) is 0 Å². The van der Waals surface area contributed by atoms with Crippen LogP contribution in [0.3, 0.4) is 0 Å². The Bertz CT molecular complexity index is 1050. The molecule has 0 aliphatic carbocycles. The number of fused-ring (bicyclic) bond motifs is 1. The van der Waals surface area contributed by atoms with Crippen LogP contribution in [0, 0.1) is 0 Å². The van der Waals surface area contributed by atoms with Crippen molar-refractivity contribution in [2.75, 3.05) is 14.2 Å². The maximum absolute atomic E-state index is 12.2. The molecule has 134 valence electrons. The molecule has 3 rings (SSSR count). The summed E-state index contributed by atoms with van der Waals surface area (Å²) in [5, 5.41) is 11.0. The van der Waals surface area contributed by atoms with E-state index >= 15 is 0 Å². The van der Waals surface area contributed by atoms with Gasteiger partial charge < -0.3 is 19.6 Å². The number of methoxy groups -OCH3 is 2. The summed E-state index contributed by atoms with van der Waals surface area (Å²) in [6.45, 7) is 0. The molecule has 0 amide bonds. The summed E-state index contributed by atoms with van der Waals surface area (Å²) in [6.07, 6.45) is 1.58. The van der Waals surface area contributed by atoms with Crippen molar-refractivity contribution in [1.82, 2.24) is 9.97 Å². The third kappa shape index (κ3) is 3.47. The number of hydrogen-bond acceptors (Lipinski definition) is 5. The number of benzene rings is 2. The van der Waals surface area contributed by atoms with E-state index in [4.69, 9.17) is 32.7 Å². The number of aromatic hydroxyl groups is 1. The topological polar surface area (TPSA) is 84.4 Å². The van der Waals surface area contributed by atoms with Crippen LogP contribution in [0.25, 0.3) is 22.0 Å². The predicted octanol–water partition coefficient (Wildman–Crippen LogP) is 4.04. The minimum absolute atomic E-state index is 0.114. The van der Waals surface area contributed by atoms with Gasteiger partial charge in [0.15, 0.2) is 17.3 Å². The highest BCUT2D eigenvalue weighted by Gasteiger charge is 2.12. The molecule has 3 aromatic rings. The molecule has 0 aliphatic rings. The first-order valence-corrected chi connectivity index (χ1v) is 8.20. The van der Waals surface area contributed by atoms with E-state index in [2.05, 4.69) is 9.97 Å². The number of H-pyrrole nitrogens is 1. The van der Waals surface area contributed by atoms with Gasteiger partial charge in [0.2, 0.25) is 5.75 Å². The first kappa shape index (κ1) is 18.1. The monoisotopic (exact) mass is 392 g/mol. The fourth-order valence-corrected chi connectivity index (χ4v) is 2.82. The molecule has 1 heterocycles. The molecule has 26 heavy (non-hydrogen) atoms. The lowest BCUT2D eigenvalue weighted by Gasteiger charge is -2.10. The minimum atomic E-state index is -0.347. The number of aromatic amines is 1. The molecule has 1 aromatic heterocycles. The Morgan fingerprint density at radius 1 is 1.19 bits per heavy atom. The summed E-state index contributed by atoms with van der Waals surface area (Å²) in [4.78, 5) is 19.2. The molecule has 8 heteroatoms. The van der Waals surface area contributed by atoms with Crippen molar-refractivity contribution in [1.29, 1.82) is 0 Å². The Kier molecular flexibility index (Phi) is 5.06. The third-order valence-corrected chi connectivity index (χ3v) is 4.21. The van der Waals surface area contributed by atoms with Gasteiger partial charge in [-0.1, -0.05) is 23.2 Å². The van der Waals surface area contributed by atoms with Crippen LogP contribution in [0.2, 0.25) is 5.02 Å². The average Bonchev–Trinajstić information content (AvgIpc) is 2.63. The standard InChI is InChI=1S/C18H14Cl2N2O4/c1-25-14-6-9(7-15(26-2)16(14)23)5-12(20)17-21-13-4-3-10(19)8-11(13)18(24)22-17/h3-8,23H,1-2H3,(H,21,22,24)/b12-5-. The number of hydrogen-bond donors (Lipinski definition) is 2. The van der Waals surface area contributed by atoms with Crippen molar-refractivity contribution in [3.05, 3.63) is 57.1 Å². The molecule has 0 bridgehead atoms. The number of phenolic OH excluding ortho intramolecular Hbond substituents is 1. The van der Waals surface area contributed by atoms with Gasteiger partial charge >= 0.3 is 0 Å². The average molecular weight is 393 g/mol. The second kappa shape index (κ2) is 7.27. The first-order chi connectivity index (χ1) is 12.4. The van der Waals surface area contributed by atoms with Crippen molar-refractivity contribution in [2.24, 2.45) is 0 Å². The van der Waals surface area contributed by atoms with E-state index in [1.54, 1.807) is 36.4 Å². The van der Waals surface area contributed by atoms with Crippen LogP contribution < -0.4 is 15.0 Å². The Labute approximate surface area is 158 Å². The largest absolute Gasteiger partial charge is 0.502 e. The van der Waals surface area contributed by atoms with Crippen molar-refractivity contribution < 1.29 is 14.6 Å². The van der Waals surface area contributed by atoms with Crippen molar-refractivity contribution >= 4 is 45.2 Å². The lowest BCUT2D eigenvalue weighted by Crippen LogP contribution is -2.10. The van der Waals surface area contributed by atoms with E-state index in [9.17, 15) is 9.90 Å². The summed E-state index contributed by atoms with van der Waals surface area (Å²) in [5.74, 6) is 0.555. The highest BCUT2D eigenvalue weighted by molar-refractivity contribution is 6.50. The molecule has 6 nitrogen and oxygen atoms in total. The third-order valence-electron chi connectivity index (χ3n) is 3.69. The quantitative estimate of drug-likeness (QED) is 0.699. The number of phenols is 1. The summed E-state index contributed by atoms with van der Waals surface area (Å²) in [5.41, 5.74) is 0.723. The number of halogens is 2. The zero-order chi connectivity index (χ0) is 18.8. The van der Waals surface area contributed by atoms with Gasteiger partial charge in [-0.15, -0.1) is 0 Å². The smallest absolute Gasteiger partial charge is 0.259 e.